The van der Waals surface area contributed by atoms with Crippen LogP contribution in [-0.4, -0.2) is 22.3 Å². The van der Waals surface area contributed by atoms with E-state index in [1.807, 2.05) is 42.7 Å². The summed E-state index contributed by atoms with van der Waals surface area (Å²) in [5.41, 5.74) is 6.81. The number of phenols is 1. The van der Waals surface area contributed by atoms with Gasteiger partial charge in [0, 0.05) is 23.5 Å². The first kappa shape index (κ1) is 21.7. The molecule has 4 heteroatoms. The van der Waals surface area contributed by atoms with Gasteiger partial charge in [0.15, 0.2) is 5.82 Å². The van der Waals surface area contributed by atoms with E-state index in [4.69, 9.17) is 0 Å². The van der Waals surface area contributed by atoms with E-state index < -0.39 is 0 Å². The maximum atomic E-state index is 15.8. The van der Waals surface area contributed by atoms with Crippen molar-refractivity contribution >= 4 is 10.9 Å². The lowest BCUT2D eigenvalue weighted by Crippen LogP contribution is -2.36. The number of rotatable bonds is 7. The highest BCUT2D eigenvalue weighted by Crippen LogP contribution is 2.37. The molecule has 0 spiro atoms. The van der Waals surface area contributed by atoms with Crippen LogP contribution in [0.25, 0.3) is 22.2 Å². The monoisotopic (exact) mass is 442 g/mol. The highest BCUT2D eigenvalue weighted by atomic mass is 19.1. The maximum Gasteiger partial charge on any atom is 0.156 e. The molecule has 1 aliphatic carbocycles. The molecule has 4 aromatic rings. The number of benzene rings is 3. The van der Waals surface area contributed by atoms with Crippen molar-refractivity contribution in [1.29, 1.82) is 0 Å². The SMILES string of the molecule is Cc1cccc(C)c1-c1c(F)c2cc(O)ccc2n1Cc1ccc(CCNC2CCC2)cc1. The van der Waals surface area contributed by atoms with Crippen LogP contribution in [0.4, 0.5) is 4.39 Å². The zero-order chi connectivity index (χ0) is 22.9. The molecule has 3 nitrogen and oxygen atoms in total. The van der Waals surface area contributed by atoms with Crippen molar-refractivity contribution in [2.24, 2.45) is 0 Å². The number of fused-ring (bicyclic) bond motifs is 1. The summed E-state index contributed by atoms with van der Waals surface area (Å²) in [6, 6.07) is 20.4. The van der Waals surface area contributed by atoms with Gasteiger partial charge in [0.25, 0.3) is 0 Å². The van der Waals surface area contributed by atoms with Gasteiger partial charge in [-0.25, -0.2) is 4.39 Å². The highest BCUT2D eigenvalue weighted by molar-refractivity contribution is 5.90. The fourth-order valence-electron chi connectivity index (χ4n) is 4.93. The van der Waals surface area contributed by atoms with Gasteiger partial charge < -0.3 is 15.0 Å². The predicted molar refractivity (Wildman–Crippen MR) is 133 cm³/mol. The van der Waals surface area contributed by atoms with E-state index in [9.17, 15) is 5.11 Å². The van der Waals surface area contributed by atoms with Crippen molar-refractivity contribution in [3.63, 3.8) is 0 Å². The molecule has 1 aliphatic rings. The first-order valence-corrected chi connectivity index (χ1v) is 11.9. The molecule has 1 fully saturated rings. The molecule has 0 radical (unpaired) electrons. The fourth-order valence-corrected chi connectivity index (χ4v) is 4.93. The van der Waals surface area contributed by atoms with Gasteiger partial charge >= 0.3 is 0 Å². The minimum Gasteiger partial charge on any atom is -0.508 e. The Balaban J connectivity index is 1.48. The molecule has 170 valence electrons. The quantitative estimate of drug-likeness (QED) is 0.343. The van der Waals surface area contributed by atoms with Crippen LogP contribution >= 0.6 is 0 Å². The average molecular weight is 443 g/mol. The standard InChI is InChI=1S/C29H31FN2O/c1-19-5-3-6-20(2)27(19)29-28(30)25-17-24(33)13-14-26(25)32(29)18-22-11-9-21(10-12-22)15-16-31-23-7-4-8-23/h3,5-6,9-14,17,23,31,33H,4,7-8,15-16,18H2,1-2H3. The summed E-state index contributed by atoms with van der Waals surface area (Å²) in [7, 11) is 0. The van der Waals surface area contributed by atoms with Crippen molar-refractivity contribution in [2.45, 2.75) is 52.1 Å². The molecule has 1 heterocycles. The predicted octanol–water partition coefficient (Wildman–Crippen LogP) is 6.50. The molecule has 3 aromatic carbocycles. The van der Waals surface area contributed by atoms with Gasteiger partial charge in [0.2, 0.25) is 0 Å². The van der Waals surface area contributed by atoms with Gasteiger partial charge in [-0.3, -0.25) is 0 Å². The summed E-state index contributed by atoms with van der Waals surface area (Å²) < 4.78 is 17.8. The largest absolute Gasteiger partial charge is 0.508 e. The Labute approximate surface area is 194 Å². The van der Waals surface area contributed by atoms with E-state index in [1.54, 1.807) is 6.07 Å². The lowest BCUT2D eigenvalue weighted by molar-refractivity contribution is 0.342. The highest BCUT2D eigenvalue weighted by Gasteiger charge is 2.22. The van der Waals surface area contributed by atoms with Gasteiger partial charge in [-0.2, -0.15) is 0 Å². The maximum absolute atomic E-state index is 15.8. The lowest BCUT2D eigenvalue weighted by atomic mass is 9.93. The molecule has 33 heavy (non-hydrogen) atoms. The first-order valence-electron chi connectivity index (χ1n) is 11.9. The normalized spacial score (nSPS) is 14.0. The first-order chi connectivity index (χ1) is 16.0. The number of phenolic OH excluding ortho intramolecular Hbond substituents is 1. The minimum atomic E-state index is -0.281. The van der Waals surface area contributed by atoms with Crippen LogP contribution < -0.4 is 5.32 Å². The molecular formula is C29H31FN2O. The number of nitrogens with one attached hydrogen (secondary N) is 1. The van der Waals surface area contributed by atoms with E-state index >= 15 is 4.39 Å². The van der Waals surface area contributed by atoms with Crippen molar-refractivity contribution in [3.05, 3.63) is 88.7 Å². The molecule has 1 saturated carbocycles. The Morgan fingerprint density at radius 1 is 0.970 bits per heavy atom. The Kier molecular flexibility index (Phi) is 5.94. The van der Waals surface area contributed by atoms with Crippen LogP contribution in [0.15, 0.2) is 60.7 Å². The van der Waals surface area contributed by atoms with E-state index in [0.29, 0.717) is 23.7 Å². The van der Waals surface area contributed by atoms with Gasteiger partial charge in [0.05, 0.1) is 11.2 Å². The van der Waals surface area contributed by atoms with E-state index in [2.05, 4.69) is 29.6 Å². The third-order valence-electron chi connectivity index (χ3n) is 7.02. The Morgan fingerprint density at radius 3 is 2.33 bits per heavy atom. The van der Waals surface area contributed by atoms with Crippen molar-refractivity contribution < 1.29 is 9.50 Å². The van der Waals surface area contributed by atoms with Crippen LogP contribution in [0, 0.1) is 19.7 Å². The molecule has 0 aliphatic heterocycles. The van der Waals surface area contributed by atoms with Crippen LogP contribution in [0.2, 0.25) is 0 Å². The Morgan fingerprint density at radius 2 is 1.67 bits per heavy atom. The second-order valence-corrected chi connectivity index (χ2v) is 9.37. The summed E-state index contributed by atoms with van der Waals surface area (Å²) in [6.07, 6.45) is 4.98. The van der Waals surface area contributed by atoms with Crippen LogP contribution in [0.1, 0.15) is 41.5 Å². The topological polar surface area (TPSA) is 37.2 Å². The molecule has 1 aromatic heterocycles. The lowest BCUT2D eigenvalue weighted by Gasteiger charge is -2.26. The van der Waals surface area contributed by atoms with Crippen LogP contribution in [0.3, 0.4) is 0 Å². The number of hydrogen-bond acceptors (Lipinski definition) is 2. The summed E-state index contributed by atoms with van der Waals surface area (Å²) >= 11 is 0. The Bertz CT molecular complexity index is 1270. The Hall–Kier alpha value is -3.11. The molecule has 5 rings (SSSR count). The van der Waals surface area contributed by atoms with Gasteiger partial charge in [0.1, 0.15) is 5.75 Å². The number of nitrogens with zero attached hydrogens (tertiary/aromatic N) is 1. The second kappa shape index (κ2) is 9.03. The number of aromatic nitrogens is 1. The van der Waals surface area contributed by atoms with Crippen LogP contribution in [0.5, 0.6) is 5.75 Å². The third kappa shape index (κ3) is 4.28. The van der Waals surface area contributed by atoms with Gasteiger partial charge in [-0.1, -0.05) is 48.9 Å². The van der Waals surface area contributed by atoms with E-state index in [-0.39, 0.29) is 11.6 Å². The summed E-state index contributed by atoms with van der Waals surface area (Å²) in [6.45, 7) is 5.62. The van der Waals surface area contributed by atoms with E-state index in [1.165, 1.54) is 30.9 Å². The minimum absolute atomic E-state index is 0.0754. The summed E-state index contributed by atoms with van der Waals surface area (Å²) in [5.74, 6) is -0.205. The molecule has 0 atom stereocenters. The van der Waals surface area contributed by atoms with Crippen molar-refractivity contribution in [3.8, 4) is 17.0 Å². The summed E-state index contributed by atoms with van der Waals surface area (Å²) in [5, 5.41) is 14.1. The molecule has 0 bridgehead atoms. The van der Waals surface area contributed by atoms with Crippen LogP contribution in [-0.2, 0) is 13.0 Å². The average Bonchev–Trinajstić information content (AvgIpc) is 3.02. The zero-order valence-electron chi connectivity index (χ0n) is 19.4. The molecule has 0 unspecified atom stereocenters. The van der Waals surface area contributed by atoms with Crippen molar-refractivity contribution in [1.82, 2.24) is 9.88 Å². The van der Waals surface area contributed by atoms with Gasteiger partial charge in [-0.05, 0) is 80.1 Å². The molecule has 0 amide bonds. The van der Waals surface area contributed by atoms with Gasteiger partial charge in [-0.15, -0.1) is 0 Å². The van der Waals surface area contributed by atoms with Crippen molar-refractivity contribution in [2.75, 3.05) is 6.54 Å². The number of aromatic hydroxyl groups is 1. The zero-order valence-corrected chi connectivity index (χ0v) is 19.4. The number of aryl methyl sites for hydroxylation is 2. The van der Waals surface area contributed by atoms with E-state index in [0.717, 1.165) is 40.7 Å². The molecule has 0 saturated heterocycles. The summed E-state index contributed by atoms with van der Waals surface area (Å²) in [4.78, 5) is 0. The number of halogens is 1. The second-order valence-electron chi connectivity index (χ2n) is 9.37. The fraction of sp³-hybridized carbons (Fsp3) is 0.310. The smallest absolute Gasteiger partial charge is 0.156 e. The molecular weight excluding hydrogens is 411 g/mol. The number of hydrogen-bond donors (Lipinski definition) is 2. The molecule has 2 N–H and O–H groups in total. The third-order valence-corrected chi connectivity index (χ3v) is 7.02.